The number of carbonyl (C=O) groups is 3. The first-order chi connectivity index (χ1) is 17.1. The van der Waals surface area contributed by atoms with Crippen LogP contribution in [0.15, 0.2) is 39.9 Å². The van der Waals surface area contributed by atoms with Crippen molar-refractivity contribution in [3.8, 4) is 11.5 Å². The van der Waals surface area contributed by atoms with Gasteiger partial charge in [-0.15, -0.1) is 0 Å². The van der Waals surface area contributed by atoms with Gasteiger partial charge in [0.05, 0.1) is 34.4 Å². The van der Waals surface area contributed by atoms with Crippen LogP contribution in [0.3, 0.4) is 0 Å². The van der Waals surface area contributed by atoms with Crippen LogP contribution in [0.4, 0.5) is 0 Å². The number of rotatable bonds is 11. The second-order valence-corrected chi connectivity index (χ2v) is 9.35. The summed E-state index contributed by atoms with van der Waals surface area (Å²) in [7, 11) is 1.45. The molecule has 0 aliphatic carbocycles. The molecule has 0 radical (unpaired) electrons. The fourth-order valence-electron chi connectivity index (χ4n) is 2.93. The van der Waals surface area contributed by atoms with Crippen molar-refractivity contribution < 1.29 is 28.6 Å². The van der Waals surface area contributed by atoms with Crippen LogP contribution >= 0.6 is 39.1 Å². The van der Waals surface area contributed by atoms with E-state index < -0.39 is 23.8 Å². The summed E-state index contributed by atoms with van der Waals surface area (Å²) in [6, 6.07) is 6.88. The monoisotopic (exact) mass is 601 g/mol. The molecular formula is C24H26BrCl2N3O6. The zero-order valence-corrected chi connectivity index (χ0v) is 23.2. The van der Waals surface area contributed by atoms with Gasteiger partial charge in [-0.1, -0.05) is 37.0 Å². The number of hydrogen-bond acceptors (Lipinski definition) is 7. The van der Waals surface area contributed by atoms with Crippen LogP contribution in [0.2, 0.25) is 10.0 Å². The van der Waals surface area contributed by atoms with Crippen molar-refractivity contribution in [3.63, 3.8) is 0 Å². The number of ether oxygens (including phenoxy) is 3. The number of benzene rings is 2. The summed E-state index contributed by atoms with van der Waals surface area (Å²) in [5.74, 6) is -1.05. The van der Waals surface area contributed by atoms with E-state index in [1.807, 2.05) is 0 Å². The Morgan fingerprint density at radius 3 is 2.47 bits per heavy atom. The van der Waals surface area contributed by atoms with Crippen LogP contribution in [0, 0.1) is 5.92 Å². The molecule has 0 fully saturated rings. The lowest BCUT2D eigenvalue weighted by molar-refractivity contribution is -0.145. The molecule has 0 heterocycles. The Morgan fingerprint density at radius 1 is 1.14 bits per heavy atom. The Kier molecular flexibility index (Phi) is 11.5. The highest BCUT2D eigenvalue weighted by Gasteiger charge is 2.25. The number of hydrogen-bond donors (Lipinski definition) is 2. The summed E-state index contributed by atoms with van der Waals surface area (Å²) in [6.45, 7) is 5.25. The molecule has 194 valence electrons. The molecule has 1 atom stereocenters. The maximum Gasteiger partial charge on any atom is 0.344 e. The highest BCUT2D eigenvalue weighted by molar-refractivity contribution is 9.10. The van der Waals surface area contributed by atoms with Gasteiger partial charge in [-0.3, -0.25) is 9.59 Å². The van der Waals surface area contributed by atoms with Gasteiger partial charge in [-0.05, 0) is 64.7 Å². The number of hydrazone groups is 1. The molecule has 2 N–H and O–H groups in total. The largest absolute Gasteiger partial charge is 0.493 e. The van der Waals surface area contributed by atoms with Gasteiger partial charge in [0.15, 0.2) is 18.1 Å². The summed E-state index contributed by atoms with van der Waals surface area (Å²) in [5, 5.41) is 7.23. The third-order valence-electron chi connectivity index (χ3n) is 4.70. The van der Waals surface area contributed by atoms with E-state index in [0.717, 1.165) is 0 Å². The van der Waals surface area contributed by atoms with Crippen molar-refractivity contribution in [2.24, 2.45) is 11.0 Å². The molecule has 0 aliphatic heterocycles. The molecule has 0 saturated heterocycles. The highest BCUT2D eigenvalue weighted by Crippen LogP contribution is 2.36. The van der Waals surface area contributed by atoms with Gasteiger partial charge in [-0.25, -0.2) is 10.2 Å². The van der Waals surface area contributed by atoms with Crippen molar-refractivity contribution in [1.82, 2.24) is 10.7 Å². The van der Waals surface area contributed by atoms with Crippen LogP contribution < -0.4 is 20.2 Å². The van der Waals surface area contributed by atoms with Gasteiger partial charge < -0.3 is 19.5 Å². The molecule has 1 unspecified atom stereocenters. The van der Waals surface area contributed by atoms with E-state index in [0.29, 0.717) is 26.6 Å². The zero-order valence-electron chi connectivity index (χ0n) is 20.1. The minimum Gasteiger partial charge on any atom is -0.493 e. The minimum atomic E-state index is -0.857. The molecule has 12 heteroatoms. The fourth-order valence-corrected chi connectivity index (χ4v) is 3.80. The van der Waals surface area contributed by atoms with Crippen molar-refractivity contribution >= 4 is 63.1 Å². The standard InChI is InChI=1S/C24H26BrCl2N3O6/c1-5-35-20(31)12-36-22-16(25)8-14(9-19(22)34-4)11-28-30-24(33)21(13(2)3)29-23(32)15-6-7-17(26)18(27)10-15/h6-11,13,21H,5,12H2,1-4H3,(H,29,32)(H,30,33). The predicted octanol–water partition coefficient (Wildman–Crippen LogP) is 4.61. The highest BCUT2D eigenvalue weighted by atomic mass is 79.9. The van der Waals surface area contributed by atoms with Crippen molar-refractivity contribution in [2.45, 2.75) is 26.8 Å². The number of carbonyl (C=O) groups excluding carboxylic acids is 3. The van der Waals surface area contributed by atoms with E-state index in [4.69, 9.17) is 37.4 Å². The Bertz CT molecular complexity index is 1140. The Hall–Kier alpha value is -2.82. The average Bonchev–Trinajstić information content (AvgIpc) is 2.82. The molecule has 0 saturated carbocycles. The molecule has 0 bridgehead atoms. The Morgan fingerprint density at radius 2 is 1.86 bits per heavy atom. The van der Waals surface area contributed by atoms with Crippen molar-refractivity contribution in [1.29, 1.82) is 0 Å². The smallest absolute Gasteiger partial charge is 0.344 e. The van der Waals surface area contributed by atoms with Gasteiger partial charge in [0.1, 0.15) is 6.04 Å². The number of nitrogens with one attached hydrogen (secondary N) is 2. The number of methoxy groups -OCH3 is 1. The second-order valence-electron chi connectivity index (χ2n) is 7.69. The third kappa shape index (κ3) is 8.39. The molecule has 2 rings (SSSR count). The summed E-state index contributed by atoms with van der Waals surface area (Å²) in [4.78, 5) is 36.9. The van der Waals surface area contributed by atoms with Crippen LogP contribution in [0.25, 0.3) is 0 Å². The lowest BCUT2D eigenvalue weighted by atomic mass is 10.0. The SMILES string of the molecule is CCOC(=O)COc1c(Br)cc(C=NNC(=O)C(NC(=O)c2ccc(Cl)c(Cl)c2)C(C)C)cc1OC. The van der Waals surface area contributed by atoms with E-state index in [1.54, 1.807) is 32.9 Å². The first kappa shape index (κ1) is 29.4. The second kappa shape index (κ2) is 14.1. The molecule has 9 nitrogen and oxygen atoms in total. The average molecular weight is 603 g/mol. The molecular weight excluding hydrogens is 577 g/mol. The van der Waals surface area contributed by atoms with Crippen LogP contribution in [-0.2, 0) is 14.3 Å². The normalized spacial score (nSPS) is 11.8. The predicted molar refractivity (Wildman–Crippen MR) is 141 cm³/mol. The van der Waals surface area contributed by atoms with Gasteiger partial charge >= 0.3 is 5.97 Å². The quantitative estimate of drug-likeness (QED) is 0.220. The minimum absolute atomic E-state index is 0.225. The Labute approximate surface area is 227 Å². The Balaban J connectivity index is 2.08. The maximum absolute atomic E-state index is 12.7. The van der Waals surface area contributed by atoms with Gasteiger partial charge in [0.25, 0.3) is 11.8 Å². The fraction of sp³-hybridized carbons (Fsp3) is 0.333. The number of halogens is 3. The molecule has 2 amide bonds. The number of esters is 1. The number of nitrogens with zero attached hydrogens (tertiary/aromatic N) is 1. The van der Waals surface area contributed by atoms with Crippen molar-refractivity contribution in [2.75, 3.05) is 20.3 Å². The van der Waals surface area contributed by atoms with E-state index in [9.17, 15) is 14.4 Å². The summed E-state index contributed by atoms with van der Waals surface area (Å²) < 4.78 is 16.2. The topological polar surface area (TPSA) is 115 Å². The summed E-state index contributed by atoms with van der Waals surface area (Å²) in [6.07, 6.45) is 1.40. The van der Waals surface area contributed by atoms with Crippen LogP contribution in [-0.4, -0.2) is 50.4 Å². The first-order valence-corrected chi connectivity index (χ1v) is 12.4. The molecule has 0 aromatic heterocycles. The molecule has 0 spiro atoms. The molecule has 0 aliphatic rings. The van der Waals surface area contributed by atoms with Gasteiger partial charge in [-0.2, -0.15) is 5.10 Å². The lowest BCUT2D eigenvalue weighted by Crippen LogP contribution is -2.48. The zero-order chi connectivity index (χ0) is 26.8. The molecule has 36 heavy (non-hydrogen) atoms. The van der Waals surface area contributed by atoms with Gasteiger partial charge in [0, 0.05) is 5.56 Å². The van der Waals surface area contributed by atoms with E-state index in [1.165, 1.54) is 31.5 Å². The van der Waals surface area contributed by atoms with E-state index in [-0.39, 0.29) is 29.7 Å². The van der Waals surface area contributed by atoms with E-state index in [2.05, 4.69) is 31.8 Å². The van der Waals surface area contributed by atoms with Crippen LogP contribution in [0.1, 0.15) is 36.7 Å². The molecule has 2 aromatic rings. The van der Waals surface area contributed by atoms with Crippen LogP contribution in [0.5, 0.6) is 11.5 Å². The third-order valence-corrected chi connectivity index (χ3v) is 6.03. The van der Waals surface area contributed by atoms with Crippen molar-refractivity contribution in [3.05, 3.63) is 56.0 Å². The summed E-state index contributed by atoms with van der Waals surface area (Å²) >= 11 is 15.3. The lowest BCUT2D eigenvalue weighted by Gasteiger charge is -2.20. The van der Waals surface area contributed by atoms with E-state index >= 15 is 0 Å². The maximum atomic E-state index is 12.7. The first-order valence-electron chi connectivity index (χ1n) is 10.8. The summed E-state index contributed by atoms with van der Waals surface area (Å²) in [5.41, 5.74) is 3.28. The number of amides is 2. The molecule has 2 aromatic carbocycles. The van der Waals surface area contributed by atoms with Gasteiger partial charge in [0.2, 0.25) is 0 Å².